The third kappa shape index (κ3) is 4.07. The van der Waals surface area contributed by atoms with E-state index < -0.39 is 10.0 Å². The SMILES string of the molecule is COc1ccc2c(c1)c(-c1cc3c4c(cnc3n1S(=O)(=O)c1ccc(C)cc1)cnn4C)cn2CCN(C)C. The fraction of sp³-hybridized carbons (Fsp3) is 0.241. The molecule has 10 heteroatoms. The molecule has 0 saturated carbocycles. The van der Waals surface area contributed by atoms with Gasteiger partial charge in [0.1, 0.15) is 5.75 Å². The molecular weight excluding hydrogens is 512 g/mol. The van der Waals surface area contributed by atoms with Gasteiger partial charge in [0.05, 0.1) is 29.4 Å². The number of aryl methyl sites for hydroxylation is 2. The van der Waals surface area contributed by atoms with E-state index in [1.54, 1.807) is 36.3 Å². The van der Waals surface area contributed by atoms with Gasteiger partial charge in [-0.05, 0) is 57.4 Å². The zero-order valence-corrected chi connectivity index (χ0v) is 23.4. The molecule has 0 bridgehead atoms. The molecule has 6 rings (SSSR count). The summed E-state index contributed by atoms with van der Waals surface area (Å²) in [7, 11) is 3.54. The maximum atomic E-state index is 14.3. The van der Waals surface area contributed by atoms with E-state index >= 15 is 0 Å². The molecule has 6 aromatic rings. The monoisotopic (exact) mass is 542 g/mol. The Labute approximate surface area is 226 Å². The number of methoxy groups -OCH3 is 1. The van der Waals surface area contributed by atoms with Gasteiger partial charge in [0.25, 0.3) is 10.0 Å². The van der Waals surface area contributed by atoms with Crippen LogP contribution in [0.4, 0.5) is 0 Å². The topological polar surface area (TPSA) is 87.2 Å². The molecule has 9 nitrogen and oxygen atoms in total. The number of hydrogen-bond donors (Lipinski definition) is 0. The lowest BCUT2D eigenvalue weighted by atomic mass is 10.1. The van der Waals surface area contributed by atoms with Crippen LogP contribution in [0.3, 0.4) is 0 Å². The molecule has 4 aromatic heterocycles. The van der Waals surface area contributed by atoms with Crippen LogP contribution < -0.4 is 4.74 Å². The van der Waals surface area contributed by atoms with Gasteiger partial charge in [-0.1, -0.05) is 17.7 Å². The van der Waals surface area contributed by atoms with E-state index in [4.69, 9.17) is 4.74 Å². The Kier molecular flexibility index (Phi) is 5.96. The Morgan fingerprint density at radius 1 is 1.00 bits per heavy atom. The second kappa shape index (κ2) is 9.25. The van der Waals surface area contributed by atoms with Gasteiger partial charge in [0.2, 0.25) is 0 Å². The number of ether oxygens (including phenoxy) is 1. The van der Waals surface area contributed by atoms with Crippen LogP contribution in [0.2, 0.25) is 0 Å². The summed E-state index contributed by atoms with van der Waals surface area (Å²) in [6.45, 7) is 3.51. The average Bonchev–Trinajstić information content (AvgIpc) is 3.60. The Balaban J connectivity index is 1.71. The highest BCUT2D eigenvalue weighted by atomic mass is 32.2. The van der Waals surface area contributed by atoms with Crippen molar-refractivity contribution in [1.82, 2.24) is 28.2 Å². The van der Waals surface area contributed by atoms with Gasteiger partial charge in [0, 0.05) is 59.8 Å². The molecule has 0 unspecified atom stereocenters. The molecule has 0 aliphatic rings. The van der Waals surface area contributed by atoms with E-state index in [-0.39, 0.29) is 4.90 Å². The normalized spacial score (nSPS) is 12.4. The first kappa shape index (κ1) is 25.1. The quantitative estimate of drug-likeness (QED) is 0.292. The highest BCUT2D eigenvalue weighted by Crippen LogP contribution is 2.39. The predicted molar refractivity (Wildman–Crippen MR) is 154 cm³/mol. The van der Waals surface area contributed by atoms with Crippen LogP contribution in [0.1, 0.15) is 5.56 Å². The van der Waals surface area contributed by atoms with Gasteiger partial charge < -0.3 is 14.2 Å². The Morgan fingerprint density at radius 2 is 1.77 bits per heavy atom. The van der Waals surface area contributed by atoms with Gasteiger partial charge >= 0.3 is 0 Å². The molecule has 0 N–H and O–H groups in total. The summed E-state index contributed by atoms with van der Waals surface area (Å²) in [6, 6.07) is 14.7. The zero-order chi connectivity index (χ0) is 27.5. The van der Waals surface area contributed by atoms with Crippen molar-refractivity contribution in [3.05, 3.63) is 72.7 Å². The smallest absolute Gasteiger partial charge is 0.269 e. The Hall–Kier alpha value is -4.15. The minimum absolute atomic E-state index is 0.202. The molecule has 2 aromatic carbocycles. The molecule has 0 radical (unpaired) electrons. The third-order valence-corrected chi connectivity index (χ3v) is 8.91. The Morgan fingerprint density at radius 3 is 2.49 bits per heavy atom. The summed E-state index contributed by atoms with van der Waals surface area (Å²) in [5, 5.41) is 6.86. The summed E-state index contributed by atoms with van der Waals surface area (Å²) in [6.07, 6.45) is 5.45. The molecule has 0 spiro atoms. The molecule has 0 aliphatic heterocycles. The van der Waals surface area contributed by atoms with Gasteiger partial charge in [-0.3, -0.25) is 4.68 Å². The van der Waals surface area contributed by atoms with Crippen LogP contribution in [0, 0.1) is 6.92 Å². The van der Waals surface area contributed by atoms with Crippen LogP contribution in [0.25, 0.3) is 44.1 Å². The van der Waals surface area contributed by atoms with Crippen molar-refractivity contribution in [2.45, 2.75) is 18.4 Å². The third-order valence-electron chi connectivity index (χ3n) is 7.19. The number of fused-ring (bicyclic) bond motifs is 4. The first-order valence-corrected chi connectivity index (χ1v) is 14.1. The van der Waals surface area contributed by atoms with Crippen molar-refractivity contribution in [2.75, 3.05) is 27.7 Å². The van der Waals surface area contributed by atoms with Gasteiger partial charge in [-0.25, -0.2) is 17.4 Å². The van der Waals surface area contributed by atoms with Crippen molar-refractivity contribution < 1.29 is 13.2 Å². The largest absolute Gasteiger partial charge is 0.497 e. The fourth-order valence-electron chi connectivity index (χ4n) is 5.14. The highest BCUT2D eigenvalue weighted by Gasteiger charge is 2.28. The number of rotatable bonds is 7. The van der Waals surface area contributed by atoms with Gasteiger partial charge in [-0.15, -0.1) is 0 Å². The molecule has 200 valence electrons. The van der Waals surface area contributed by atoms with E-state index in [9.17, 15) is 8.42 Å². The molecular formula is C29H30N6O3S. The van der Waals surface area contributed by atoms with Crippen LogP contribution in [-0.2, 0) is 23.6 Å². The standard InChI is InChI=1S/C29H30N6O3S/c1-19-6-9-22(10-7-19)39(36,37)35-27(15-24-28-20(16-30-29(24)35)17-31-33(28)4)25-18-34(13-12-32(2)3)26-11-8-21(38-5)14-23(25)26/h6-11,14-18H,12-13H2,1-5H3. The van der Waals surface area contributed by atoms with Crippen molar-refractivity contribution in [3.63, 3.8) is 0 Å². The van der Waals surface area contributed by atoms with E-state index in [1.807, 2.05) is 70.7 Å². The number of benzene rings is 2. The van der Waals surface area contributed by atoms with Crippen LogP contribution in [0.5, 0.6) is 5.75 Å². The Bertz CT molecular complexity index is 1960. The molecule has 0 fully saturated rings. The van der Waals surface area contributed by atoms with E-state index in [2.05, 4.69) is 19.5 Å². The first-order valence-electron chi connectivity index (χ1n) is 12.7. The highest BCUT2D eigenvalue weighted by molar-refractivity contribution is 7.90. The molecule has 0 atom stereocenters. The number of pyridine rings is 1. The van der Waals surface area contributed by atoms with Crippen molar-refractivity contribution in [3.8, 4) is 17.0 Å². The van der Waals surface area contributed by atoms with E-state index in [0.717, 1.165) is 51.4 Å². The maximum Gasteiger partial charge on any atom is 0.269 e. The minimum atomic E-state index is -4.01. The van der Waals surface area contributed by atoms with Crippen molar-refractivity contribution in [1.29, 1.82) is 0 Å². The fourth-order valence-corrected chi connectivity index (χ4v) is 6.61. The van der Waals surface area contributed by atoms with Gasteiger partial charge in [-0.2, -0.15) is 5.10 Å². The van der Waals surface area contributed by atoms with Gasteiger partial charge in [0.15, 0.2) is 5.65 Å². The minimum Gasteiger partial charge on any atom is -0.497 e. The molecule has 0 saturated heterocycles. The van der Waals surface area contributed by atoms with Crippen LogP contribution >= 0.6 is 0 Å². The number of aromatic nitrogens is 5. The van der Waals surface area contributed by atoms with E-state index in [0.29, 0.717) is 17.1 Å². The summed E-state index contributed by atoms with van der Waals surface area (Å²) in [4.78, 5) is 6.97. The van der Waals surface area contributed by atoms with E-state index in [1.165, 1.54) is 3.97 Å². The molecule has 39 heavy (non-hydrogen) atoms. The summed E-state index contributed by atoms with van der Waals surface area (Å²) < 4.78 is 39.5. The second-order valence-electron chi connectivity index (χ2n) is 10.1. The first-order chi connectivity index (χ1) is 18.7. The van der Waals surface area contributed by atoms with Crippen molar-refractivity contribution >= 4 is 42.9 Å². The number of hydrogen-bond acceptors (Lipinski definition) is 6. The summed E-state index contributed by atoms with van der Waals surface area (Å²) in [5.74, 6) is 0.699. The lowest BCUT2D eigenvalue weighted by molar-refractivity contribution is 0.387. The van der Waals surface area contributed by atoms with Crippen LogP contribution in [-0.4, -0.2) is 64.4 Å². The second-order valence-corrected chi connectivity index (χ2v) is 11.9. The molecule has 0 aliphatic carbocycles. The molecule has 4 heterocycles. The van der Waals surface area contributed by atoms with Crippen LogP contribution in [0.15, 0.2) is 72.0 Å². The predicted octanol–water partition coefficient (Wildman–Crippen LogP) is 4.66. The lowest BCUT2D eigenvalue weighted by Gasteiger charge is -2.12. The average molecular weight is 543 g/mol. The summed E-state index contributed by atoms with van der Waals surface area (Å²) >= 11 is 0. The molecule has 0 amide bonds. The maximum absolute atomic E-state index is 14.3. The lowest BCUT2D eigenvalue weighted by Crippen LogP contribution is -2.18. The summed E-state index contributed by atoms with van der Waals surface area (Å²) in [5.41, 5.74) is 4.49. The number of likely N-dealkylation sites (N-methyl/N-ethyl adjacent to an activating group) is 1. The number of nitrogens with zero attached hydrogens (tertiary/aromatic N) is 6. The van der Waals surface area contributed by atoms with Crippen molar-refractivity contribution in [2.24, 2.45) is 7.05 Å². The zero-order valence-electron chi connectivity index (χ0n) is 22.6.